The molecule has 170 valence electrons. The van der Waals surface area contributed by atoms with Crippen molar-refractivity contribution in [1.29, 1.82) is 0 Å². The van der Waals surface area contributed by atoms with E-state index in [9.17, 15) is 9.90 Å². The Morgan fingerprint density at radius 1 is 0.970 bits per heavy atom. The van der Waals surface area contributed by atoms with Crippen molar-refractivity contribution in [3.8, 4) is 11.5 Å². The van der Waals surface area contributed by atoms with Crippen LogP contribution in [0.2, 0.25) is 0 Å². The molecule has 0 radical (unpaired) electrons. The Morgan fingerprint density at radius 2 is 1.70 bits per heavy atom. The average molecular weight is 442 g/mol. The maximum absolute atomic E-state index is 12.1. The lowest BCUT2D eigenvalue weighted by atomic mass is 9.76. The summed E-state index contributed by atoms with van der Waals surface area (Å²) in [7, 11) is 0. The minimum Gasteiger partial charge on any atom is -0.508 e. The monoisotopic (exact) mass is 441 g/mol. The molecule has 3 aromatic carbocycles. The van der Waals surface area contributed by atoms with Gasteiger partial charge in [-0.2, -0.15) is 0 Å². The third-order valence-electron chi connectivity index (χ3n) is 7.30. The summed E-state index contributed by atoms with van der Waals surface area (Å²) < 4.78 is 6.08. The molecule has 0 bridgehead atoms. The summed E-state index contributed by atoms with van der Waals surface area (Å²) in [5, 5.41) is 9.97. The van der Waals surface area contributed by atoms with E-state index < -0.39 is 0 Å². The Labute approximate surface area is 195 Å². The van der Waals surface area contributed by atoms with Crippen molar-refractivity contribution in [3.05, 3.63) is 89.5 Å². The van der Waals surface area contributed by atoms with Crippen LogP contribution in [0.1, 0.15) is 54.7 Å². The van der Waals surface area contributed by atoms with Crippen LogP contribution >= 0.6 is 0 Å². The van der Waals surface area contributed by atoms with Gasteiger partial charge in [0.15, 0.2) is 0 Å². The van der Waals surface area contributed by atoms with Gasteiger partial charge in [-0.05, 0) is 42.2 Å². The summed E-state index contributed by atoms with van der Waals surface area (Å²) in [5.74, 6) is 1.97. The molecule has 4 nitrogen and oxygen atoms in total. The van der Waals surface area contributed by atoms with Crippen LogP contribution in [0, 0.1) is 5.92 Å². The maximum Gasteiger partial charge on any atom is 0.135 e. The fourth-order valence-corrected chi connectivity index (χ4v) is 5.44. The van der Waals surface area contributed by atoms with Crippen LogP contribution in [0.15, 0.2) is 72.8 Å². The first kappa shape index (κ1) is 21.6. The van der Waals surface area contributed by atoms with E-state index in [0.717, 1.165) is 37.2 Å². The molecule has 1 saturated heterocycles. The van der Waals surface area contributed by atoms with Gasteiger partial charge in [0.25, 0.3) is 0 Å². The number of fused-ring (bicyclic) bond motifs is 1. The summed E-state index contributed by atoms with van der Waals surface area (Å²) >= 11 is 0. The summed E-state index contributed by atoms with van der Waals surface area (Å²) in [4.78, 5) is 14.5. The zero-order valence-electron chi connectivity index (χ0n) is 19.1. The molecular formula is C29H31NO3. The molecule has 1 unspecified atom stereocenters. The van der Waals surface area contributed by atoms with Gasteiger partial charge < -0.3 is 14.7 Å². The molecule has 0 saturated carbocycles. The predicted octanol–water partition coefficient (Wildman–Crippen LogP) is 5.90. The van der Waals surface area contributed by atoms with Crippen molar-refractivity contribution in [3.63, 3.8) is 0 Å². The van der Waals surface area contributed by atoms with E-state index in [-0.39, 0.29) is 23.5 Å². The van der Waals surface area contributed by atoms with Gasteiger partial charge in [0.1, 0.15) is 17.3 Å². The smallest absolute Gasteiger partial charge is 0.135 e. The number of hydrogen-bond acceptors (Lipinski definition) is 4. The summed E-state index contributed by atoms with van der Waals surface area (Å²) in [6.45, 7) is 4.40. The number of nitrogens with zero attached hydrogens (tertiary/aromatic N) is 1. The van der Waals surface area contributed by atoms with Gasteiger partial charge in [0, 0.05) is 54.6 Å². The minimum absolute atomic E-state index is 0.152. The van der Waals surface area contributed by atoms with Crippen LogP contribution in [0.5, 0.6) is 11.5 Å². The number of piperidine rings is 1. The number of phenols is 1. The first-order valence-corrected chi connectivity index (χ1v) is 12.0. The maximum atomic E-state index is 12.1. The third-order valence-corrected chi connectivity index (χ3v) is 7.30. The number of aromatic hydroxyl groups is 1. The zero-order chi connectivity index (χ0) is 22.8. The van der Waals surface area contributed by atoms with E-state index in [4.69, 9.17) is 4.74 Å². The van der Waals surface area contributed by atoms with Crippen LogP contribution in [-0.2, 0) is 4.79 Å². The molecule has 3 aromatic rings. The lowest BCUT2D eigenvalue weighted by molar-refractivity contribution is -0.123. The van der Waals surface area contributed by atoms with E-state index in [1.54, 1.807) is 12.1 Å². The van der Waals surface area contributed by atoms with Crippen molar-refractivity contribution in [2.45, 2.75) is 38.0 Å². The Bertz CT molecular complexity index is 1100. The first-order chi connectivity index (χ1) is 16.1. The Hall–Kier alpha value is -3.27. The highest BCUT2D eigenvalue weighted by atomic mass is 16.5. The Balaban J connectivity index is 1.42. The van der Waals surface area contributed by atoms with E-state index in [2.05, 4.69) is 53.4 Å². The Kier molecular flexibility index (Phi) is 6.08. The molecule has 33 heavy (non-hydrogen) atoms. The van der Waals surface area contributed by atoms with Crippen LogP contribution in [0.3, 0.4) is 0 Å². The second-order valence-corrected chi connectivity index (χ2v) is 9.20. The standard InChI is InChI=1S/C29H31NO3/c1-2-27(32)21-14-16-30(17-15-21)23-10-8-22(9-11-23)29-25-13-12-24(31)18-28(25)33-19-26(29)20-6-4-3-5-7-20/h3-13,18,21,26,29,31H,2,14-17,19H2,1H3/t26-,29?/m1/s1. The molecule has 0 spiro atoms. The molecule has 2 aliphatic heterocycles. The van der Waals surface area contributed by atoms with Gasteiger partial charge in [-0.15, -0.1) is 0 Å². The average Bonchev–Trinajstić information content (AvgIpc) is 2.88. The Morgan fingerprint density at radius 3 is 2.39 bits per heavy atom. The lowest BCUT2D eigenvalue weighted by Crippen LogP contribution is -2.36. The fourth-order valence-electron chi connectivity index (χ4n) is 5.44. The first-order valence-electron chi connectivity index (χ1n) is 12.0. The number of ketones is 1. The van der Waals surface area contributed by atoms with Crippen LogP contribution in [0.4, 0.5) is 5.69 Å². The number of hydrogen-bond donors (Lipinski definition) is 1. The van der Waals surface area contributed by atoms with Gasteiger partial charge in [-0.1, -0.05) is 55.5 Å². The number of anilines is 1. The molecule has 0 amide bonds. The van der Waals surface area contributed by atoms with E-state index in [1.165, 1.54) is 16.8 Å². The zero-order valence-corrected chi connectivity index (χ0v) is 19.1. The topological polar surface area (TPSA) is 49.8 Å². The van der Waals surface area contributed by atoms with Crippen LogP contribution in [-0.4, -0.2) is 30.6 Å². The van der Waals surface area contributed by atoms with Gasteiger partial charge in [0.2, 0.25) is 0 Å². The molecule has 0 aliphatic carbocycles. The van der Waals surface area contributed by atoms with Gasteiger partial charge in [-0.25, -0.2) is 0 Å². The molecule has 4 heteroatoms. The van der Waals surface area contributed by atoms with E-state index in [0.29, 0.717) is 18.8 Å². The number of ether oxygens (including phenoxy) is 1. The number of rotatable bonds is 5. The van der Waals surface area contributed by atoms with E-state index >= 15 is 0 Å². The van der Waals surface area contributed by atoms with Crippen LogP contribution in [0.25, 0.3) is 0 Å². The quantitative estimate of drug-likeness (QED) is 0.536. The number of benzene rings is 3. The van der Waals surface area contributed by atoms with E-state index in [1.807, 2.05) is 19.1 Å². The lowest BCUT2D eigenvalue weighted by Gasteiger charge is -2.35. The molecule has 0 aromatic heterocycles. The predicted molar refractivity (Wildman–Crippen MR) is 131 cm³/mol. The highest BCUT2D eigenvalue weighted by Crippen LogP contribution is 2.47. The molecule has 2 atom stereocenters. The van der Waals surface area contributed by atoms with Crippen molar-refractivity contribution < 1.29 is 14.6 Å². The normalized spacial score (nSPS) is 20.7. The second-order valence-electron chi connectivity index (χ2n) is 9.20. The molecule has 5 rings (SSSR count). The molecule has 2 heterocycles. The highest BCUT2D eigenvalue weighted by molar-refractivity contribution is 5.81. The molecule has 2 aliphatic rings. The van der Waals surface area contributed by atoms with Crippen LogP contribution < -0.4 is 9.64 Å². The third kappa shape index (κ3) is 4.35. The molecule has 1 N–H and O–H groups in total. The summed E-state index contributed by atoms with van der Waals surface area (Å²) in [5.41, 5.74) is 4.83. The van der Waals surface area contributed by atoms with Gasteiger partial charge in [0.05, 0.1) is 6.61 Å². The number of phenolic OH excluding ortho intramolecular Hbond substituents is 1. The highest BCUT2D eigenvalue weighted by Gasteiger charge is 2.33. The van der Waals surface area contributed by atoms with Gasteiger partial charge >= 0.3 is 0 Å². The molecular weight excluding hydrogens is 410 g/mol. The molecule has 1 fully saturated rings. The minimum atomic E-state index is 0.152. The summed E-state index contributed by atoms with van der Waals surface area (Å²) in [6.07, 6.45) is 2.54. The fraction of sp³-hybridized carbons (Fsp3) is 0.345. The van der Waals surface area contributed by atoms with Crippen molar-refractivity contribution in [1.82, 2.24) is 0 Å². The van der Waals surface area contributed by atoms with Gasteiger partial charge in [-0.3, -0.25) is 4.79 Å². The largest absolute Gasteiger partial charge is 0.508 e. The number of carbonyl (C=O) groups excluding carboxylic acids is 1. The number of carbonyl (C=O) groups is 1. The number of Topliss-reactive ketones (excluding diaryl/α,β-unsaturated/α-hetero) is 1. The second kappa shape index (κ2) is 9.30. The SMILES string of the molecule is CCC(=O)C1CCN(c2ccc(C3c4ccc(O)cc4OC[C@@H]3c3ccccc3)cc2)CC1. The van der Waals surface area contributed by atoms with Crippen molar-refractivity contribution in [2.24, 2.45) is 5.92 Å². The van der Waals surface area contributed by atoms with Crippen molar-refractivity contribution >= 4 is 11.5 Å². The summed E-state index contributed by atoms with van der Waals surface area (Å²) in [6, 6.07) is 24.9. The van der Waals surface area contributed by atoms with Crippen molar-refractivity contribution in [2.75, 3.05) is 24.6 Å².